The van der Waals surface area contributed by atoms with Crippen molar-refractivity contribution in [2.24, 2.45) is 0 Å². The topological polar surface area (TPSA) is 68.1 Å². The van der Waals surface area contributed by atoms with E-state index in [1.165, 1.54) is 12.8 Å². The smallest absolute Gasteiger partial charge is 0.274 e. The van der Waals surface area contributed by atoms with Crippen molar-refractivity contribution in [3.8, 4) is 0 Å². The van der Waals surface area contributed by atoms with Crippen molar-refractivity contribution in [2.45, 2.75) is 45.3 Å². The van der Waals surface area contributed by atoms with Gasteiger partial charge in [-0.1, -0.05) is 12.8 Å². The lowest BCUT2D eigenvalue weighted by Gasteiger charge is -2.23. The van der Waals surface area contributed by atoms with Crippen molar-refractivity contribution < 1.29 is 14.3 Å². The monoisotopic (exact) mass is 386 g/mol. The van der Waals surface area contributed by atoms with Gasteiger partial charge in [0.1, 0.15) is 5.65 Å². The fourth-order valence-corrected chi connectivity index (χ4v) is 3.97. The summed E-state index contributed by atoms with van der Waals surface area (Å²) in [6.07, 6.45) is 6.61. The molecule has 1 N–H and O–H groups in total. The Bertz CT molecular complexity index is 805. The van der Waals surface area contributed by atoms with Crippen LogP contribution in [0.4, 0.5) is 0 Å². The molecule has 0 aromatic carbocycles. The van der Waals surface area contributed by atoms with E-state index in [4.69, 9.17) is 14.5 Å². The number of fused-ring (bicyclic) bond motifs is 1. The van der Waals surface area contributed by atoms with Crippen LogP contribution >= 0.6 is 0 Å². The molecule has 2 aromatic rings. The Kier molecular flexibility index (Phi) is 6.24. The Labute approximate surface area is 166 Å². The molecule has 152 valence electrons. The van der Waals surface area contributed by atoms with E-state index >= 15 is 0 Å². The highest BCUT2D eigenvalue weighted by atomic mass is 16.6. The van der Waals surface area contributed by atoms with Crippen LogP contribution in [-0.4, -0.2) is 65.8 Å². The van der Waals surface area contributed by atoms with E-state index < -0.39 is 0 Å². The van der Waals surface area contributed by atoms with Crippen molar-refractivity contribution in [1.82, 2.24) is 19.6 Å². The minimum absolute atomic E-state index is 0.0531. The molecule has 0 unspecified atom stereocenters. The lowest BCUT2D eigenvalue weighted by Crippen LogP contribution is -2.38. The number of ether oxygens (including phenoxy) is 2. The lowest BCUT2D eigenvalue weighted by molar-refractivity contribution is -0.0864. The third-order valence-corrected chi connectivity index (χ3v) is 5.53. The average Bonchev–Trinajstić information content (AvgIpc) is 2.88. The normalized spacial score (nSPS) is 21.0. The summed E-state index contributed by atoms with van der Waals surface area (Å²) in [6.45, 7) is 6.87. The maximum atomic E-state index is 13.3. The summed E-state index contributed by atoms with van der Waals surface area (Å²) in [5, 5.41) is 3.44. The number of hydrogen-bond acceptors (Lipinski definition) is 5. The lowest BCUT2D eigenvalue weighted by atomic mass is 10.2. The summed E-state index contributed by atoms with van der Waals surface area (Å²) >= 11 is 0. The fourth-order valence-electron chi connectivity index (χ4n) is 3.97. The number of likely N-dealkylation sites (tertiary alicyclic amines) is 1. The molecular formula is C21H30N4O3. The Balaban J connectivity index is 1.55. The summed E-state index contributed by atoms with van der Waals surface area (Å²) in [4.78, 5) is 20.0. The number of imidazole rings is 1. The van der Waals surface area contributed by atoms with E-state index in [1.807, 2.05) is 28.5 Å². The van der Waals surface area contributed by atoms with Crippen LogP contribution in [0.25, 0.3) is 5.65 Å². The molecular weight excluding hydrogens is 356 g/mol. The van der Waals surface area contributed by atoms with E-state index in [0.717, 1.165) is 42.8 Å². The number of amides is 1. The van der Waals surface area contributed by atoms with Crippen molar-refractivity contribution in [2.75, 3.05) is 39.5 Å². The molecule has 28 heavy (non-hydrogen) atoms. The van der Waals surface area contributed by atoms with Crippen LogP contribution < -0.4 is 5.32 Å². The summed E-state index contributed by atoms with van der Waals surface area (Å²) in [5.41, 5.74) is 3.45. The molecule has 0 saturated carbocycles. The van der Waals surface area contributed by atoms with Gasteiger partial charge in [0.15, 0.2) is 5.69 Å². The molecule has 2 aliphatic rings. The molecule has 1 atom stereocenters. The minimum atomic E-state index is 0.0531. The molecule has 0 radical (unpaired) electrons. The van der Waals surface area contributed by atoms with E-state index in [-0.39, 0.29) is 12.0 Å². The number of hydrogen-bond donors (Lipinski definition) is 1. The van der Waals surface area contributed by atoms with E-state index in [1.54, 1.807) is 0 Å². The Morgan fingerprint density at radius 1 is 1.25 bits per heavy atom. The summed E-state index contributed by atoms with van der Waals surface area (Å²) in [6, 6.07) is 4.08. The zero-order valence-corrected chi connectivity index (χ0v) is 16.7. The Morgan fingerprint density at radius 3 is 2.82 bits per heavy atom. The van der Waals surface area contributed by atoms with Gasteiger partial charge in [-0.2, -0.15) is 0 Å². The van der Waals surface area contributed by atoms with Crippen LogP contribution in [0.5, 0.6) is 0 Å². The number of rotatable bonds is 5. The molecule has 7 nitrogen and oxygen atoms in total. The fraction of sp³-hybridized carbons (Fsp3) is 0.619. The number of carbonyl (C=O) groups is 1. The van der Waals surface area contributed by atoms with Crippen molar-refractivity contribution in [1.29, 1.82) is 0 Å². The molecule has 0 aliphatic carbocycles. The SMILES string of the molecule is Cc1ccn2c(CNC[C@@H]3COCCO3)c(C(=O)N3CCCCCC3)nc2c1. The second-order valence-electron chi connectivity index (χ2n) is 7.74. The Morgan fingerprint density at radius 2 is 2.07 bits per heavy atom. The van der Waals surface area contributed by atoms with Gasteiger partial charge in [0.25, 0.3) is 5.91 Å². The van der Waals surface area contributed by atoms with E-state index in [9.17, 15) is 4.79 Å². The van der Waals surface area contributed by atoms with Crippen LogP contribution in [0.1, 0.15) is 47.4 Å². The first kappa shape index (κ1) is 19.4. The van der Waals surface area contributed by atoms with E-state index in [0.29, 0.717) is 38.6 Å². The number of carbonyl (C=O) groups excluding carboxylic acids is 1. The van der Waals surface area contributed by atoms with Crippen LogP contribution in [-0.2, 0) is 16.0 Å². The summed E-state index contributed by atoms with van der Waals surface area (Å²) in [7, 11) is 0. The van der Waals surface area contributed by atoms with Crippen LogP contribution in [0.3, 0.4) is 0 Å². The predicted molar refractivity (Wildman–Crippen MR) is 107 cm³/mol. The molecule has 2 aliphatic heterocycles. The van der Waals surface area contributed by atoms with Gasteiger partial charge < -0.3 is 24.1 Å². The van der Waals surface area contributed by atoms with Gasteiger partial charge >= 0.3 is 0 Å². The van der Waals surface area contributed by atoms with Gasteiger partial charge in [0.2, 0.25) is 0 Å². The maximum Gasteiger partial charge on any atom is 0.274 e. The number of aryl methyl sites for hydroxylation is 1. The highest BCUT2D eigenvalue weighted by Crippen LogP contribution is 2.19. The van der Waals surface area contributed by atoms with Crippen molar-refractivity contribution in [3.63, 3.8) is 0 Å². The number of nitrogens with one attached hydrogen (secondary N) is 1. The van der Waals surface area contributed by atoms with Crippen LogP contribution in [0.2, 0.25) is 0 Å². The highest BCUT2D eigenvalue weighted by molar-refractivity contribution is 5.94. The highest BCUT2D eigenvalue weighted by Gasteiger charge is 2.25. The quantitative estimate of drug-likeness (QED) is 0.853. The number of pyridine rings is 1. The van der Waals surface area contributed by atoms with Gasteiger partial charge in [-0.3, -0.25) is 4.79 Å². The molecule has 2 aromatic heterocycles. The van der Waals surface area contributed by atoms with Crippen LogP contribution in [0.15, 0.2) is 18.3 Å². The minimum Gasteiger partial charge on any atom is -0.376 e. The van der Waals surface area contributed by atoms with Gasteiger partial charge in [-0.25, -0.2) is 4.98 Å². The molecule has 1 amide bonds. The maximum absolute atomic E-state index is 13.3. The molecule has 2 saturated heterocycles. The summed E-state index contributed by atoms with van der Waals surface area (Å²) < 4.78 is 13.2. The van der Waals surface area contributed by atoms with Crippen molar-refractivity contribution in [3.05, 3.63) is 35.3 Å². The number of aromatic nitrogens is 2. The summed E-state index contributed by atoms with van der Waals surface area (Å²) in [5.74, 6) is 0.0531. The van der Waals surface area contributed by atoms with Gasteiger partial charge in [0, 0.05) is 32.4 Å². The molecule has 2 fully saturated rings. The van der Waals surface area contributed by atoms with Crippen molar-refractivity contribution >= 4 is 11.6 Å². The first-order valence-corrected chi connectivity index (χ1v) is 10.4. The molecule has 7 heteroatoms. The average molecular weight is 386 g/mol. The van der Waals surface area contributed by atoms with Gasteiger partial charge in [-0.15, -0.1) is 0 Å². The van der Waals surface area contributed by atoms with E-state index in [2.05, 4.69) is 11.4 Å². The zero-order chi connectivity index (χ0) is 19.3. The number of nitrogens with zero attached hydrogens (tertiary/aromatic N) is 3. The van der Waals surface area contributed by atoms with Gasteiger partial charge in [-0.05, 0) is 37.5 Å². The first-order valence-electron chi connectivity index (χ1n) is 10.4. The predicted octanol–water partition coefficient (Wildman–Crippen LogP) is 2.16. The third kappa shape index (κ3) is 4.37. The second-order valence-corrected chi connectivity index (χ2v) is 7.74. The first-order chi connectivity index (χ1) is 13.7. The second kappa shape index (κ2) is 9.03. The van der Waals surface area contributed by atoms with Crippen LogP contribution in [0, 0.1) is 6.92 Å². The molecule has 4 heterocycles. The standard InChI is InChI=1S/C21H30N4O3/c1-16-6-9-25-18(14-22-13-17-15-27-10-11-28-17)20(23-19(25)12-16)21(26)24-7-4-2-3-5-8-24/h6,9,12,17,22H,2-5,7-8,10-11,13-15H2,1H3/t17-/m1/s1. The molecule has 4 rings (SSSR count). The Hall–Kier alpha value is -1.96. The molecule has 0 bridgehead atoms. The third-order valence-electron chi connectivity index (χ3n) is 5.53. The largest absolute Gasteiger partial charge is 0.376 e. The van der Waals surface area contributed by atoms with Gasteiger partial charge in [0.05, 0.1) is 31.6 Å². The zero-order valence-electron chi connectivity index (χ0n) is 16.7. The molecule has 0 spiro atoms.